The second-order valence-electron chi connectivity index (χ2n) is 7.27. The first-order valence-electron chi connectivity index (χ1n) is 7.93. The molecule has 110 valence electrons. The van der Waals surface area contributed by atoms with Gasteiger partial charge in [-0.25, -0.2) is 0 Å². The lowest BCUT2D eigenvalue weighted by Crippen LogP contribution is -2.58. The predicted octanol–water partition coefficient (Wildman–Crippen LogP) is 2.88. The molecule has 0 spiro atoms. The van der Waals surface area contributed by atoms with Crippen molar-refractivity contribution < 1.29 is 9.26 Å². The molecule has 4 fully saturated rings. The van der Waals surface area contributed by atoms with Crippen molar-refractivity contribution in [1.29, 1.82) is 0 Å². The Hall–Kier alpha value is -0.870. The lowest BCUT2D eigenvalue weighted by atomic mass is 9.53. The van der Waals surface area contributed by atoms with E-state index >= 15 is 0 Å². The quantitative estimate of drug-likeness (QED) is 0.898. The van der Waals surface area contributed by atoms with Gasteiger partial charge in [0.1, 0.15) is 6.61 Å². The fourth-order valence-electron chi connectivity index (χ4n) is 5.25. The van der Waals surface area contributed by atoms with Crippen LogP contribution in [0.4, 0.5) is 0 Å². The smallest absolute Gasteiger partial charge is 0.162 e. The van der Waals surface area contributed by atoms with Crippen LogP contribution in [0.2, 0.25) is 0 Å². The molecular weight excluding hydrogens is 252 g/mol. The maximum absolute atomic E-state index is 5.26. The van der Waals surface area contributed by atoms with Crippen LogP contribution in [0.5, 0.6) is 0 Å². The van der Waals surface area contributed by atoms with Gasteiger partial charge in [0.15, 0.2) is 5.76 Å². The predicted molar refractivity (Wildman–Crippen MR) is 75.0 cm³/mol. The zero-order valence-corrected chi connectivity index (χ0v) is 12.2. The summed E-state index contributed by atoms with van der Waals surface area (Å²) in [5.41, 5.74) is 1.41. The van der Waals surface area contributed by atoms with Crippen LogP contribution in [0.1, 0.15) is 50.0 Å². The molecule has 0 atom stereocenters. The van der Waals surface area contributed by atoms with Crippen molar-refractivity contribution in [3.63, 3.8) is 0 Å². The molecule has 1 aromatic heterocycles. The van der Waals surface area contributed by atoms with Gasteiger partial charge in [0.05, 0.1) is 5.69 Å². The molecule has 4 aliphatic rings. The van der Waals surface area contributed by atoms with Crippen LogP contribution in [-0.2, 0) is 17.9 Å². The monoisotopic (exact) mass is 276 g/mol. The SMILES string of the molecule is COCc1cc(CNC23CC4CC(CC(C4)C2)C3)no1. The van der Waals surface area contributed by atoms with Gasteiger partial charge in [-0.2, -0.15) is 0 Å². The molecule has 0 aromatic carbocycles. The molecule has 4 heteroatoms. The third-order valence-electron chi connectivity index (χ3n) is 5.58. The number of nitrogens with zero attached hydrogens (tertiary/aromatic N) is 1. The molecule has 0 aliphatic heterocycles. The average molecular weight is 276 g/mol. The summed E-state index contributed by atoms with van der Waals surface area (Å²) >= 11 is 0. The largest absolute Gasteiger partial charge is 0.377 e. The highest BCUT2D eigenvalue weighted by Crippen LogP contribution is 2.55. The van der Waals surface area contributed by atoms with E-state index in [-0.39, 0.29) is 0 Å². The molecule has 0 saturated heterocycles. The summed E-state index contributed by atoms with van der Waals surface area (Å²) in [7, 11) is 1.68. The highest BCUT2D eigenvalue weighted by atomic mass is 16.5. The normalized spacial score (nSPS) is 38.5. The summed E-state index contributed by atoms with van der Waals surface area (Å²) in [6, 6.07) is 2.01. The summed E-state index contributed by atoms with van der Waals surface area (Å²) in [6.45, 7) is 1.34. The molecule has 4 aliphatic carbocycles. The number of hydrogen-bond acceptors (Lipinski definition) is 4. The minimum Gasteiger partial charge on any atom is -0.377 e. The molecule has 20 heavy (non-hydrogen) atoms. The first kappa shape index (κ1) is 12.8. The summed E-state index contributed by atoms with van der Waals surface area (Å²) in [5, 5.41) is 7.97. The van der Waals surface area contributed by atoms with Gasteiger partial charge in [0.25, 0.3) is 0 Å². The minimum atomic E-state index is 0.398. The summed E-state index contributed by atoms with van der Waals surface area (Å²) in [6.07, 6.45) is 8.60. The number of nitrogens with one attached hydrogen (secondary N) is 1. The number of ether oxygens (including phenoxy) is 1. The molecule has 1 heterocycles. The van der Waals surface area contributed by atoms with Crippen LogP contribution in [0.3, 0.4) is 0 Å². The van der Waals surface area contributed by atoms with E-state index < -0.39 is 0 Å². The van der Waals surface area contributed by atoms with E-state index in [9.17, 15) is 0 Å². The van der Waals surface area contributed by atoms with Gasteiger partial charge in [0, 0.05) is 25.3 Å². The van der Waals surface area contributed by atoms with Gasteiger partial charge >= 0.3 is 0 Å². The molecule has 4 nitrogen and oxygen atoms in total. The zero-order chi connectivity index (χ0) is 13.6. The second-order valence-corrected chi connectivity index (χ2v) is 7.27. The van der Waals surface area contributed by atoms with Crippen LogP contribution in [0.15, 0.2) is 10.6 Å². The molecule has 0 unspecified atom stereocenters. The van der Waals surface area contributed by atoms with Gasteiger partial charge < -0.3 is 14.6 Å². The van der Waals surface area contributed by atoms with Crippen LogP contribution >= 0.6 is 0 Å². The topological polar surface area (TPSA) is 47.3 Å². The molecule has 0 amide bonds. The summed E-state index contributed by atoms with van der Waals surface area (Å²) in [5.74, 6) is 3.76. The van der Waals surface area contributed by atoms with Crippen molar-refractivity contribution in [2.45, 2.75) is 57.2 Å². The van der Waals surface area contributed by atoms with Gasteiger partial charge in [-0.1, -0.05) is 5.16 Å². The molecule has 1 N–H and O–H groups in total. The van der Waals surface area contributed by atoms with Crippen LogP contribution < -0.4 is 5.32 Å². The van der Waals surface area contributed by atoms with Gasteiger partial charge in [0.2, 0.25) is 0 Å². The Labute approximate surface area is 120 Å². The Morgan fingerprint density at radius 2 is 1.90 bits per heavy atom. The van der Waals surface area contributed by atoms with Crippen molar-refractivity contribution in [3.05, 3.63) is 17.5 Å². The van der Waals surface area contributed by atoms with Crippen molar-refractivity contribution in [2.24, 2.45) is 17.8 Å². The van der Waals surface area contributed by atoms with Gasteiger partial charge in [-0.05, 0) is 56.3 Å². The first-order chi connectivity index (χ1) is 9.75. The maximum atomic E-state index is 5.26. The van der Waals surface area contributed by atoms with Crippen molar-refractivity contribution in [2.75, 3.05) is 7.11 Å². The number of hydrogen-bond donors (Lipinski definition) is 1. The third kappa shape index (κ3) is 2.29. The molecule has 4 bridgehead atoms. The number of methoxy groups -OCH3 is 1. The van der Waals surface area contributed by atoms with Crippen molar-refractivity contribution in [3.8, 4) is 0 Å². The molecular formula is C16H24N2O2. The highest BCUT2D eigenvalue weighted by Gasteiger charge is 2.50. The van der Waals surface area contributed by atoms with Crippen molar-refractivity contribution >= 4 is 0 Å². The molecule has 1 aromatic rings. The lowest BCUT2D eigenvalue weighted by Gasteiger charge is -2.57. The molecule has 0 radical (unpaired) electrons. The Morgan fingerprint density at radius 1 is 1.25 bits per heavy atom. The maximum Gasteiger partial charge on any atom is 0.162 e. The molecule has 4 saturated carbocycles. The van der Waals surface area contributed by atoms with Crippen LogP contribution in [0, 0.1) is 17.8 Å². The van der Waals surface area contributed by atoms with E-state index in [2.05, 4.69) is 10.5 Å². The van der Waals surface area contributed by atoms with Crippen LogP contribution in [-0.4, -0.2) is 17.8 Å². The van der Waals surface area contributed by atoms with E-state index in [1.807, 2.05) is 6.07 Å². The van der Waals surface area contributed by atoms with Crippen LogP contribution in [0.25, 0.3) is 0 Å². The fraction of sp³-hybridized carbons (Fsp3) is 0.812. The van der Waals surface area contributed by atoms with E-state index in [0.29, 0.717) is 12.1 Å². The second kappa shape index (κ2) is 4.85. The van der Waals surface area contributed by atoms with E-state index in [1.165, 1.54) is 38.5 Å². The average Bonchev–Trinajstić information content (AvgIpc) is 2.83. The van der Waals surface area contributed by atoms with E-state index in [0.717, 1.165) is 35.8 Å². The minimum absolute atomic E-state index is 0.398. The number of aromatic nitrogens is 1. The van der Waals surface area contributed by atoms with E-state index in [4.69, 9.17) is 9.26 Å². The Morgan fingerprint density at radius 3 is 2.50 bits per heavy atom. The lowest BCUT2D eigenvalue weighted by molar-refractivity contribution is -0.0208. The standard InChI is InChI=1S/C16H24N2O2/c1-19-10-15-5-14(18-20-15)9-17-16-6-11-2-12(7-16)4-13(3-11)8-16/h5,11-13,17H,2-4,6-10H2,1H3. The Kier molecular flexibility index (Phi) is 3.11. The highest BCUT2D eigenvalue weighted by molar-refractivity contribution is 5.09. The summed E-state index contributed by atoms with van der Waals surface area (Å²) < 4.78 is 10.3. The fourth-order valence-corrected chi connectivity index (χ4v) is 5.25. The van der Waals surface area contributed by atoms with E-state index in [1.54, 1.807) is 7.11 Å². The third-order valence-corrected chi connectivity index (χ3v) is 5.58. The van der Waals surface area contributed by atoms with Gasteiger partial charge in [-0.3, -0.25) is 0 Å². The number of rotatable bonds is 5. The first-order valence-corrected chi connectivity index (χ1v) is 7.93. The zero-order valence-electron chi connectivity index (χ0n) is 12.2. The molecule has 5 rings (SSSR count). The Bertz CT molecular complexity index is 447. The van der Waals surface area contributed by atoms with Crippen molar-refractivity contribution in [1.82, 2.24) is 10.5 Å². The Balaban J connectivity index is 1.41. The summed E-state index contributed by atoms with van der Waals surface area (Å²) in [4.78, 5) is 0. The van der Waals surface area contributed by atoms with Gasteiger partial charge in [-0.15, -0.1) is 0 Å².